The molecule has 0 bridgehead atoms. The molecule has 3 nitrogen and oxygen atoms in total. The Balaban J connectivity index is 2.85. The number of anilines is 1. The molecule has 16 heavy (non-hydrogen) atoms. The third-order valence-electron chi connectivity index (χ3n) is 2.34. The molecule has 0 unspecified atom stereocenters. The number of amides is 1. The average Bonchev–Trinajstić information content (AvgIpc) is 2.26. The number of nitrogens with zero attached hydrogens (tertiary/aromatic N) is 1. The van der Waals surface area contributed by atoms with Gasteiger partial charge in [-0.25, -0.2) is 0 Å². The summed E-state index contributed by atoms with van der Waals surface area (Å²) in [6, 6.07) is 1.80. The minimum Gasteiger partial charge on any atom is -0.326 e. The number of hydrogen-bond acceptors (Lipinski definition) is 2. The van der Waals surface area contributed by atoms with Crippen molar-refractivity contribution in [3.05, 3.63) is 30.6 Å². The van der Waals surface area contributed by atoms with Gasteiger partial charge in [-0.05, 0) is 24.5 Å². The third kappa shape index (κ3) is 3.50. The fourth-order valence-corrected chi connectivity index (χ4v) is 1.50. The van der Waals surface area contributed by atoms with Gasteiger partial charge in [0.1, 0.15) is 0 Å². The van der Waals surface area contributed by atoms with Crippen LogP contribution in [0.15, 0.2) is 25.0 Å². The van der Waals surface area contributed by atoms with Gasteiger partial charge in [0, 0.05) is 24.9 Å². The third-order valence-corrected chi connectivity index (χ3v) is 2.34. The number of pyridine rings is 1. The molecule has 0 radical (unpaired) electrons. The molecular weight excluding hydrogens is 200 g/mol. The van der Waals surface area contributed by atoms with Crippen molar-refractivity contribution >= 4 is 17.2 Å². The van der Waals surface area contributed by atoms with Gasteiger partial charge >= 0.3 is 0 Å². The second-order valence-corrected chi connectivity index (χ2v) is 3.81. The smallest absolute Gasteiger partial charge is 0.221 e. The molecule has 0 aromatic carbocycles. The lowest BCUT2D eigenvalue weighted by molar-refractivity contribution is -0.114. The van der Waals surface area contributed by atoms with Crippen LogP contribution in [0.5, 0.6) is 0 Å². The van der Waals surface area contributed by atoms with Gasteiger partial charge in [0.25, 0.3) is 0 Å². The van der Waals surface area contributed by atoms with E-state index in [1.54, 1.807) is 18.5 Å². The molecule has 86 valence electrons. The van der Waals surface area contributed by atoms with E-state index in [1.807, 2.05) is 0 Å². The zero-order chi connectivity index (χ0) is 12.0. The summed E-state index contributed by atoms with van der Waals surface area (Å²) in [5, 5.41) is 2.79. The number of rotatable bonds is 5. The van der Waals surface area contributed by atoms with E-state index in [9.17, 15) is 4.79 Å². The largest absolute Gasteiger partial charge is 0.326 e. The van der Waals surface area contributed by atoms with Crippen molar-refractivity contribution in [3.63, 3.8) is 0 Å². The van der Waals surface area contributed by atoms with E-state index >= 15 is 0 Å². The monoisotopic (exact) mass is 218 g/mol. The van der Waals surface area contributed by atoms with Gasteiger partial charge in [0.05, 0.1) is 5.69 Å². The van der Waals surface area contributed by atoms with Crippen LogP contribution in [-0.4, -0.2) is 10.9 Å². The first-order valence-corrected chi connectivity index (χ1v) is 5.55. The predicted molar refractivity (Wildman–Crippen MR) is 67.1 cm³/mol. The van der Waals surface area contributed by atoms with Crippen molar-refractivity contribution in [2.45, 2.75) is 33.1 Å². The minimum absolute atomic E-state index is 0.0734. The van der Waals surface area contributed by atoms with Crippen LogP contribution in [0.4, 0.5) is 5.69 Å². The Labute approximate surface area is 96.6 Å². The number of allylic oxidation sites excluding steroid dienone is 1. The van der Waals surface area contributed by atoms with E-state index in [1.165, 1.54) is 6.92 Å². The van der Waals surface area contributed by atoms with Crippen LogP contribution in [0.25, 0.3) is 5.57 Å². The van der Waals surface area contributed by atoms with Crippen molar-refractivity contribution < 1.29 is 4.79 Å². The molecule has 1 N–H and O–H groups in total. The second-order valence-electron chi connectivity index (χ2n) is 3.81. The maximum atomic E-state index is 11.0. The minimum atomic E-state index is -0.0734. The predicted octanol–water partition coefficient (Wildman–Crippen LogP) is 3.24. The Kier molecular flexibility index (Phi) is 4.70. The molecule has 1 aromatic heterocycles. The zero-order valence-corrected chi connectivity index (χ0v) is 9.92. The maximum Gasteiger partial charge on any atom is 0.221 e. The summed E-state index contributed by atoms with van der Waals surface area (Å²) in [6.07, 6.45) is 6.60. The number of carbonyl (C=O) groups excluding carboxylic acids is 1. The van der Waals surface area contributed by atoms with Gasteiger partial charge in [-0.3, -0.25) is 9.78 Å². The first-order valence-electron chi connectivity index (χ1n) is 5.55. The van der Waals surface area contributed by atoms with Crippen LogP contribution in [0.3, 0.4) is 0 Å². The van der Waals surface area contributed by atoms with Crippen LogP contribution >= 0.6 is 0 Å². The molecule has 1 aromatic rings. The van der Waals surface area contributed by atoms with Gasteiger partial charge < -0.3 is 5.32 Å². The SMILES string of the molecule is C=C(CCCC)c1cnccc1NC(C)=O. The van der Waals surface area contributed by atoms with Crippen LogP contribution < -0.4 is 5.32 Å². The molecule has 0 spiro atoms. The molecular formula is C13H18N2O. The highest BCUT2D eigenvalue weighted by Crippen LogP contribution is 2.25. The van der Waals surface area contributed by atoms with Crippen LogP contribution in [-0.2, 0) is 4.79 Å². The molecule has 1 heterocycles. The number of nitrogens with one attached hydrogen (secondary N) is 1. The fraction of sp³-hybridized carbons (Fsp3) is 0.385. The molecule has 0 atom stereocenters. The number of aromatic nitrogens is 1. The van der Waals surface area contributed by atoms with Gasteiger partial charge in [-0.15, -0.1) is 0 Å². The van der Waals surface area contributed by atoms with Crippen molar-refractivity contribution in [2.75, 3.05) is 5.32 Å². The Morgan fingerprint density at radius 1 is 1.56 bits per heavy atom. The molecule has 0 saturated heterocycles. The molecule has 1 rings (SSSR count). The summed E-state index contributed by atoms with van der Waals surface area (Å²) >= 11 is 0. The molecule has 0 aliphatic carbocycles. The fourth-order valence-electron chi connectivity index (χ4n) is 1.50. The molecule has 0 saturated carbocycles. The highest BCUT2D eigenvalue weighted by Gasteiger charge is 2.06. The van der Waals surface area contributed by atoms with E-state index in [0.29, 0.717) is 0 Å². The lowest BCUT2D eigenvalue weighted by atomic mass is 10.0. The topological polar surface area (TPSA) is 42.0 Å². The van der Waals surface area contributed by atoms with Crippen molar-refractivity contribution in [2.24, 2.45) is 0 Å². The number of carbonyl (C=O) groups is 1. The summed E-state index contributed by atoms with van der Waals surface area (Å²) in [4.78, 5) is 15.1. The first-order chi connectivity index (χ1) is 7.65. The first kappa shape index (κ1) is 12.4. The van der Waals surface area contributed by atoms with Crippen molar-refractivity contribution in [3.8, 4) is 0 Å². The Hall–Kier alpha value is -1.64. The van der Waals surface area contributed by atoms with E-state index < -0.39 is 0 Å². The molecule has 3 heteroatoms. The van der Waals surface area contributed by atoms with E-state index in [4.69, 9.17) is 0 Å². The lowest BCUT2D eigenvalue weighted by Crippen LogP contribution is -2.08. The normalized spacial score (nSPS) is 9.88. The van der Waals surface area contributed by atoms with Gasteiger partial charge in [-0.2, -0.15) is 0 Å². The summed E-state index contributed by atoms with van der Waals surface area (Å²) < 4.78 is 0. The van der Waals surface area contributed by atoms with Crippen LogP contribution in [0, 0.1) is 0 Å². The summed E-state index contributed by atoms with van der Waals surface area (Å²) in [5.74, 6) is -0.0734. The number of hydrogen-bond donors (Lipinski definition) is 1. The Morgan fingerprint density at radius 3 is 2.94 bits per heavy atom. The van der Waals surface area contributed by atoms with Gasteiger partial charge in [0.2, 0.25) is 5.91 Å². The lowest BCUT2D eigenvalue weighted by Gasteiger charge is -2.11. The van der Waals surface area contributed by atoms with Crippen molar-refractivity contribution in [1.82, 2.24) is 4.98 Å². The summed E-state index contributed by atoms with van der Waals surface area (Å²) in [5.41, 5.74) is 2.76. The standard InChI is InChI=1S/C13H18N2O/c1-4-5-6-10(2)12-9-14-8-7-13(12)15-11(3)16/h7-9H,2,4-6H2,1,3H3,(H,14,15,16). The molecule has 0 aliphatic rings. The Morgan fingerprint density at radius 2 is 2.31 bits per heavy atom. The maximum absolute atomic E-state index is 11.0. The number of unbranched alkanes of at least 4 members (excludes halogenated alkanes) is 1. The Bertz CT molecular complexity index is 385. The van der Waals surface area contributed by atoms with E-state index in [2.05, 4.69) is 23.8 Å². The van der Waals surface area contributed by atoms with Gasteiger partial charge in [0.15, 0.2) is 0 Å². The van der Waals surface area contributed by atoms with Gasteiger partial charge in [-0.1, -0.05) is 19.9 Å². The average molecular weight is 218 g/mol. The van der Waals surface area contributed by atoms with Crippen LogP contribution in [0.2, 0.25) is 0 Å². The second kappa shape index (κ2) is 6.05. The quantitative estimate of drug-likeness (QED) is 0.824. The molecule has 1 amide bonds. The molecule has 0 fully saturated rings. The van der Waals surface area contributed by atoms with Crippen molar-refractivity contribution in [1.29, 1.82) is 0 Å². The summed E-state index contributed by atoms with van der Waals surface area (Å²) in [7, 11) is 0. The van der Waals surface area contributed by atoms with Crippen LogP contribution in [0.1, 0.15) is 38.7 Å². The zero-order valence-electron chi connectivity index (χ0n) is 9.92. The van der Waals surface area contributed by atoms with E-state index in [-0.39, 0.29) is 5.91 Å². The molecule has 0 aliphatic heterocycles. The van der Waals surface area contributed by atoms with E-state index in [0.717, 1.165) is 36.1 Å². The highest BCUT2D eigenvalue weighted by molar-refractivity contribution is 5.92. The summed E-state index contributed by atoms with van der Waals surface area (Å²) in [6.45, 7) is 7.68. The highest BCUT2D eigenvalue weighted by atomic mass is 16.1.